The molecule has 202 valence electrons. The van der Waals surface area contributed by atoms with Gasteiger partial charge in [-0.1, -0.05) is 18.2 Å². The molecule has 3 atom stereocenters. The standard InChI is InChI=1S/C30H35N7OS/c1-36-24-13-14-25(36)16-21(15-24)19-9-11-23(12-10-19)32-30-31-18-22-17-26(20-7-8-20)37(29(22)34-30)28-6-4-5-27(33-28)35-39(2,3)38/h4-6,9-12,17-18,20-21,24-25H,7-8,13-16H2,1-3H3,(H,31,32,34)/t21?,24-,25+. The van der Waals surface area contributed by atoms with Crippen LogP contribution in [-0.2, 0) is 9.73 Å². The minimum atomic E-state index is -2.31. The van der Waals surface area contributed by atoms with E-state index in [1.807, 2.05) is 18.3 Å². The lowest BCUT2D eigenvalue weighted by Crippen LogP contribution is -2.39. The maximum Gasteiger partial charge on any atom is 0.229 e. The van der Waals surface area contributed by atoms with Gasteiger partial charge in [0.1, 0.15) is 5.82 Å². The van der Waals surface area contributed by atoms with Crippen LogP contribution in [0.1, 0.15) is 61.6 Å². The third-order valence-corrected chi connectivity index (χ3v) is 9.19. The van der Waals surface area contributed by atoms with Gasteiger partial charge in [0.2, 0.25) is 5.95 Å². The number of nitrogens with zero attached hydrogens (tertiary/aromatic N) is 6. The minimum Gasteiger partial charge on any atom is -0.324 e. The number of fused-ring (bicyclic) bond motifs is 3. The van der Waals surface area contributed by atoms with Gasteiger partial charge in [-0.3, -0.25) is 4.57 Å². The molecule has 3 fully saturated rings. The zero-order valence-electron chi connectivity index (χ0n) is 22.7. The van der Waals surface area contributed by atoms with Crippen LogP contribution >= 0.6 is 0 Å². The number of aromatic nitrogens is 4. The van der Waals surface area contributed by atoms with Gasteiger partial charge in [0.05, 0.1) is 0 Å². The Morgan fingerprint density at radius 2 is 1.69 bits per heavy atom. The van der Waals surface area contributed by atoms with Gasteiger partial charge in [-0.25, -0.2) is 14.2 Å². The summed E-state index contributed by atoms with van der Waals surface area (Å²) < 4.78 is 18.7. The van der Waals surface area contributed by atoms with Crippen molar-refractivity contribution in [3.05, 3.63) is 66.0 Å². The Hall–Kier alpha value is -3.30. The average Bonchev–Trinajstić information content (AvgIpc) is 3.65. The van der Waals surface area contributed by atoms with Crippen LogP contribution < -0.4 is 5.32 Å². The highest BCUT2D eigenvalue weighted by atomic mass is 32.2. The minimum absolute atomic E-state index is 0.469. The summed E-state index contributed by atoms with van der Waals surface area (Å²) in [5.41, 5.74) is 4.41. The first kappa shape index (κ1) is 24.7. The van der Waals surface area contributed by atoms with Gasteiger partial charge >= 0.3 is 0 Å². The second kappa shape index (κ2) is 9.41. The molecule has 0 spiro atoms. The smallest absolute Gasteiger partial charge is 0.229 e. The molecule has 2 saturated heterocycles. The van der Waals surface area contributed by atoms with Gasteiger partial charge in [0.15, 0.2) is 11.5 Å². The van der Waals surface area contributed by atoms with Crippen molar-refractivity contribution in [2.45, 2.75) is 62.4 Å². The lowest BCUT2D eigenvalue weighted by molar-refractivity contribution is 0.161. The van der Waals surface area contributed by atoms with Crippen LogP contribution in [0.2, 0.25) is 0 Å². The number of benzene rings is 1. The van der Waals surface area contributed by atoms with Crippen molar-refractivity contribution in [3.8, 4) is 5.82 Å². The van der Waals surface area contributed by atoms with Crippen molar-refractivity contribution in [1.29, 1.82) is 0 Å². The fourth-order valence-electron chi connectivity index (χ4n) is 6.45. The molecule has 3 aliphatic rings. The lowest BCUT2D eigenvalue weighted by Gasteiger charge is -2.36. The zero-order chi connectivity index (χ0) is 26.7. The largest absolute Gasteiger partial charge is 0.324 e. The monoisotopic (exact) mass is 541 g/mol. The van der Waals surface area contributed by atoms with Crippen LogP contribution in [0.4, 0.5) is 17.5 Å². The second-order valence-electron chi connectivity index (χ2n) is 11.7. The number of hydrogen-bond acceptors (Lipinski definition) is 7. The van der Waals surface area contributed by atoms with E-state index in [4.69, 9.17) is 9.97 Å². The molecule has 1 N–H and O–H groups in total. The van der Waals surface area contributed by atoms with E-state index in [9.17, 15) is 4.21 Å². The molecule has 9 heteroatoms. The third-order valence-electron chi connectivity index (χ3n) is 8.56. The van der Waals surface area contributed by atoms with Crippen molar-refractivity contribution in [3.63, 3.8) is 0 Å². The lowest BCUT2D eigenvalue weighted by atomic mass is 9.85. The predicted molar refractivity (Wildman–Crippen MR) is 157 cm³/mol. The van der Waals surface area contributed by atoms with Crippen LogP contribution in [0, 0.1) is 0 Å². The second-order valence-corrected chi connectivity index (χ2v) is 14.3. The molecule has 1 saturated carbocycles. The van der Waals surface area contributed by atoms with E-state index in [1.165, 1.54) is 36.9 Å². The molecule has 1 aromatic carbocycles. The van der Waals surface area contributed by atoms with Gasteiger partial charge < -0.3 is 10.2 Å². The first-order valence-corrected chi connectivity index (χ1v) is 16.3. The quantitative estimate of drug-likeness (QED) is 0.316. The molecule has 4 aromatic rings. The van der Waals surface area contributed by atoms with Crippen LogP contribution in [0.3, 0.4) is 0 Å². The van der Waals surface area contributed by atoms with E-state index < -0.39 is 9.73 Å². The van der Waals surface area contributed by atoms with E-state index in [1.54, 1.807) is 18.6 Å². The molecule has 1 aliphatic carbocycles. The molecule has 39 heavy (non-hydrogen) atoms. The van der Waals surface area contributed by atoms with Gasteiger partial charge in [0, 0.05) is 57.3 Å². The molecule has 2 aliphatic heterocycles. The Balaban J connectivity index is 1.18. The van der Waals surface area contributed by atoms with Crippen molar-refractivity contribution in [1.82, 2.24) is 24.4 Å². The highest BCUT2D eigenvalue weighted by molar-refractivity contribution is 7.92. The van der Waals surface area contributed by atoms with Crippen LogP contribution in [-0.4, -0.2) is 60.3 Å². The Bertz CT molecular complexity index is 1640. The molecule has 5 heterocycles. The molecule has 3 aromatic heterocycles. The van der Waals surface area contributed by atoms with Gasteiger partial charge in [-0.2, -0.15) is 9.35 Å². The predicted octanol–water partition coefficient (Wildman–Crippen LogP) is 6.14. The zero-order valence-corrected chi connectivity index (χ0v) is 23.6. The van der Waals surface area contributed by atoms with Gasteiger partial charge in [-0.05, 0) is 93.3 Å². The van der Waals surface area contributed by atoms with E-state index >= 15 is 0 Å². The van der Waals surface area contributed by atoms with Gasteiger partial charge in [0.25, 0.3) is 0 Å². The highest BCUT2D eigenvalue weighted by Gasteiger charge is 2.38. The number of rotatable bonds is 6. The fraction of sp³-hybridized carbons (Fsp3) is 0.433. The number of piperidine rings is 1. The summed E-state index contributed by atoms with van der Waals surface area (Å²) in [5.74, 6) is 2.89. The van der Waals surface area contributed by atoms with E-state index in [2.05, 4.69) is 61.5 Å². The summed E-state index contributed by atoms with van der Waals surface area (Å²) in [4.78, 5) is 16.9. The first-order valence-electron chi connectivity index (χ1n) is 13.9. The van der Waals surface area contributed by atoms with Crippen molar-refractivity contribution >= 4 is 38.2 Å². The molecule has 8 nitrogen and oxygen atoms in total. The Labute approximate surface area is 230 Å². The van der Waals surface area contributed by atoms with E-state index in [0.717, 1.165) is 47.5 Å². The molecular weight excluding hydrogens is 506 g/mol. The molecule has 1 unspecified atom stereocenters. The van der Waals surface area contributed by atoms with Crippen LogP contribution in [0.5, 0.6) is 0 Å². The van der Waals surface area contributed by atoms with Gasteiger partial charge in [-0.15, -0.1) is 0 Å². The third kappa shape index (κ3) is 4.94. The fourth-order valence-corrected chi connectivity index (χ4v) is 7.01. The first-order chi connectivity index (χ1) is 18.8. The van der Waals surface area contributed by atoms with Crippen molar-refractivity contribution in [2.75, 3.05) is 24.9 Å². The Morgan fingerprint density at radius 1 is 0.949 bits per heavy atom. The number of hydrogen-bond donors (Lipinski definition) is 1. The van der Waals surface area contributed by atoms with Crippen molar-refractivity contribution in [2.24, 2.45) is 4.36 Å². The SMILES string of the molecule is CN1[C@@H]2CC[C@H]1CC(c1ccc(Nc3ncc4cc(C5CC5)n(-c5cccc(N=S(C)(C)=O)n5)c4n3)cc1)C2. The molecule has 7 rings (SSSR count). The summed E-state index contributed by atoms with van der Waals surface area (Å²) in [6, 6.07) is 18.1. The molecule has 0 radical (unpaired) electrons. The highest BCUT2D eigenvalue weighted by Crippen LogP contribution is 2.44. The summed E-state index contributed by atoms with van der Waals surface area (Å²) in [6.07, 6.45) is 12.6. The van der Waals surface area contributed by atoms with E-state index in [0.29, 0.717) is 23.6 Å². The molecule has 0 amide bonds. The summed E-state index contributed by atoms with van der Waals surface area (Å²) in [5, 5.41) is 4.40. The van der Waals surface area contributed by atoms with E-state index in [-0.39, 0.29) is 0 Å². The topological polar surface area (TPSA) is 88.3 Å². The Kier molecular flexibility index (Phi) is 5.97. The maximum absolute atomic E-state index is 12.3. The summed E-state index contributed by atoms with van der Waals surface area (Å²) >= 11 is 0. The van der Waals surface area contributed by atoms with Crippen molar-refractivity contribution < 1.29 is 4.21 Å². The molecular formula is C30H35N7OS. The van der Waals surface area contributed by atoms with Crippen LogP contribution in [0.15, 0.2) is 59.1 Å². The summed E-state index contributed by atoms with van der Waals surface area (Å²) in [6.45, 7) is 0. The number of pyridine rings is 1. The number of nitrogens with one attached hydrogen (secondary N) is 1. The average molecular weight is 542 g/mol. The maximum atomic E-state index is 12.3. The normalized spacial score (nSPS) is 23.3. The molecule has 2 bridgehead atoms. The summed E-state index contributed by atoms with van der Waals surface area (Å²) in [7, 11) is -0.0162. The van der Waals surface area contributed by atoms with Crippen LogP contribution in [0.25, 0.3) is 16.9 Å². The number of anilines is 2. The Morgan fingerprint density at radius 3 is 2.38 bits per heavy atom.